The predicted octanol–water partition coefficient (Wildman–Crippen LogP) is 1.16. The van der Waals surface area contributed by atoms with Crippen LogP contribution in [0.2, 0.25) is 0 Å². The van der Waals surface area contributed by atoms with E-state index in [0.717, 1.165) is 5.69 Å². The topological polar surface area (TPSA) is 47.0 Å². The summed E-state index contributed by atoms with van der Waals surface area (Å²) < 4.78 is 0. The molecule has 1 aromatic rings. The third-order valence-electron chi connectivity index (χ3n) is 1.44. The molecule has 0 aromatic carbocycles. The molecule has 0 aliphatic carbocycles. The SMILES string of the molecule is Cc1cccc(C(=O)CC=O)n1. The van der Waals surface area contributed by atoms with Gasteiger partial charge >= 0.3 is 0 Å². The zero-order chi connectivity index (χ0) is 8.97. The summed E-state index contributed by atoms with van der Waals surface area (Å²) in [5, 5.41) is 0. The van der Waals surface area contributed by atoms with Gasteiger partial charge in [0.1, 0.15) is 12.0 Å². The second kappa shape index (κ2) is 3.76. The highest BCUT2D eigenvalue weighted by Crippen LogP contribution is 2.00. The molecule has 0 bridgehead atoms. The molecule has 0 aliphatic heterocycles. The van der Waals surface area contributed by atoms with Crippen molar-refractivity contribution in [1.29, 1.82) is 0 Å². The molecule has 0 atom stereocenters. The van der Waals surface area contributed by atoms with Crippen LogP contribution in [-0.2, 0) is 4.79 Å². The van der Waals surface area contributed by atoms with E-state index in [0.29, 0.717) is 12.0 Å². The Kier molecular flexibility index (Phi) is 2.69. The van der Waals surface area contributed by atoms with Gasteiger partial charge in [0.05, 0.1) is 6.42 Å². The van der Waals surface area contributed by atoms with Crippen molar-refractivity contribution in [3.8, 4) is 0 Å². The normalized spacial score (nSPS) is 9.42. The smallest absolute Gasteiger partial charge is 0.188 e. The van der Waals surface area contributed by atoms with Gasteiger partial charge in [0.25, 0.3) is 0 Å². The number of nitrogens with zero attached hydrogens (tertiary/aromatic N) is 1. The Balaban J connectivity index is 2.87. The first-order valence-corrected chi connectivity index (χ1v) is 3.64. The van der Waals surface area contributed by atoms with E-state index in [1.54, 1.807) is 25.1 Å². The third kappa shape index (κ3) is 1.99. The summed E-state index contributed by atoms with van der Waals surface area (Å²) in [6.07, 6.45) is 0.503. The number of hydrogen-bond donors (Lipinski definition) is 0. The summed E-state index contributed by atoms with van der Waals surface area (Å²) in [4.78, 5) is 25.1. The highest BCUT2D eigenvalue weighted by atomic mass is 16.1. The van der Waals surface area contributed by atoms with Crippen LogP contribution in [0.25, 0.3) is 0 Å². The first-order valence-electron chi connectivity index (χ1n) is 3.64. The van der Waals surface area contributed by atoms with E-state index < -0.39 is 0 Å². The number of rotatable bonds is 3. The lowest BCUT2D eigenvalue weighted by molar-refractivity contribution is -0.107. The Morgan fingerprint density at radius 2 is 2.33 bits per heavy atom. The van der Waals surface area contributed by atoms with Crippen LogP contribution in [0.4, 0.5) is 0 Å². The fourth-order valence-corrected chi connectivity index (χ4v) is 0.879. The van der Waals surface area contributed by atoms with Gasteiger partial charge in [-0.05, 0) is 19.1 Å². The van der Waals surface area contributed by atoms with Crippen LogP contribution in [0.5, 0.6) is 0 Å². The molecule has 0 N–H and O–H groups in total. The van der Waals surface area contributed by atoms with Gasteiger partial charge in [-0.2, -0.15) is 0 Å². The number of carbonyl (C=O) groups is 2. The number of carbonyl (C=O) groups excluding carboxylic acids is 2. The first kappa shape index (κ1) is 8.59. The molecular weight excluding hydrogens is 154 g/mol. The van der Waals surface area contributed by atoms with Gasteiger partial charge in [0.15, 0.2) is 5.78 Å². The van der Waals surface area contributed by atoms with E-state index in [1.807, 2.05) is 0 Å². The molecular formula is C9H9NO2. The molecule has 0 unspecified atom stereocenters. The van der Waals surface area contributed by atoms with Gasteiger partial charge in [-0.3, -0.25) is 9.78 Å². The third-order valence-corrected chi connectivity index (χ3v) is 1.44. The van der Waals surface area contributed by atoms with Crippen molar-refractivity contribution in [2.75, 3.05) is 0 Å². The van der Waals surface area contributed by atoms with Crippen molar-refractivity contribution in [2.45, 2.75) is 13.3 Å². The minimum atomic E-state index is -0.228. The number of ketones is 1. The number of Topliss-reactive ketones (excluding diaryl/α,β-unsaturated/α-hetero) is 1. The van der Waals surface area contributed by atoms with Crippen molar-refractivity contribution < 1.29 is 9.59 Å². The average Bonchev–Trinajstić information content (AvgIpc) is 2.05. The second-order valence-electron chi connectivity index (χ2n) is 2.46. The zero-order valence-electron chi connectivity index (χ0n) is 6.78. The molecule has 1 heterocycles. The van der Waals surface area contributed by atoms with E-state index in [-0.39, 0.29) is 12.2 Å². The zero-order valence-corrected chi connectivity index (χ0v) is 6.78. The second-order valence-corrected chi connectivity index (χ2v) is 2.46. The highest BCUT2D eigenvalue weighted by Gasteiger charge is 2.05. The number of aromatic nitrogens is 1. The average molecular weight is 163 g/mol. The molecule has 12 heavy (non-hydrogen) atoms. The van der Waals surface area contributed by atoms with Crippen molar-refractivity contribution >= 4 is 12.1 Å². The molecule has 0 aliphatic rings. The molecule has 3 nitrogen and oxygen atoms in total. The fraction of sp³-hybridized carbons (Fsp3) is 0.222. The summed E-state index contributed by atoms with van der Waals surface area (Å²) in [7, 11) is 0. The maximum Gasteiger partial charge on any atom is 0.188 e. The number of aldehydes is 1. The van der Waals surface area contributed by atoms with E-state index in [9.17, 15) is 9.59 Å². The Hall–Kier alpha value is -1.51. The van der Waals surface area contributed by atoms with Crippen LogP contribution in [0.1, 0.15) is 22.6 Å². The Morgan fingerprint density at radius 1 is 1.58 bits per heavy atom. The van der Waals surface area contributed by atoms with Gasteiger partial charge in [-0.25, -0.2) is 0 Å². The molecule has 0 saturated carbocycles. The fourth-order valence-electron chi connectivity index (χ4n) is 0.879. The Bertz CT molecular complexity index is 307. The van der Waals surface area contributed by atoms with E-state index in [4.69, 9.17) is 0 Å². The van der Waals surface area contributed by atoms with Crippen molar-refractivity contribution in [3.05, 3.63) is 29.6 Å². The molecule has 0 saturated heterocycles. The highest BCUT2D eigenvalue weighted by molar-refractivity contribution is 6.01. The maximum atomic E-state index is 11.1. The van der Waals surface area contributed by atoms with E-state index >= 15 is 0 Å². The quantitative estimate of drug-likeness (QED) is 0.381. The van der Waals surface area contributed by atoms with Gasteiger partial charge in [-0.15, -0.1) is 0 Å². The summed E-state index contributed by atoms with van der Waals surface area (Å²) in [6, 6.07) is 5.16. The minimum absolute atomic E-state index is 0.0869. The first-order chi connectivity index (χ1) is 5.74. The summed E-state index contributed by atoms with van der Waals surface area (Å²) >= 11 is 0. The van der Waals surface area contributed by atoms with Crippen LogP contribution in [0, 0.1) is 6.92 Å². The molecule has 0 spiro atoms. The molecule has 0 amide bonds. The lowest BCUT2D eigenvalue weighted by Gasteiger charge is -1.96. The number of hydrogen-bond acceptors (Lipinski definition) is 3. The Morgan fingerprint density at radius 3 is 2.92 bits per heavy atom. The van der Waals surface area contributed by atoms with Gasteiger partial charge in [0.2, 0.25) is 0 Å². The number of pyridine rings is 1. The van der Waals surface area contributed by atoms with Gasteiger partial charge in [0, 0.05) is 5.69 Å². The molecule has 1 aromatic heterocycles. The lowest BCUT2D eigenvalue weighted by atomic mass is 10.2. The molecule has 3 heteroatoms. The van der Waals surface area contributed by atoms with Crippen molar-refractivity contribution in [1.82, 2.24) is 4.98 Å². The van der Waals surface area contributed by atoms with E-state index in [1.165, 1.54) is 0 Å². The molecule has 62 valence electrons. The number of aryl methyl sites for hydroxylation is 1. The van der Waals surface area contributed by atoms with Crippen molar-refractivity contribution in [2.24, 2.45) is 0 Å². The van der Waals surface area contributed by atoms with Crippen molar-refractivity contribution in [3.63, 3.8) is 0 Å². The molecule has 1 rings (SSSR count). The Labute approximate surface area is 70.4 Å². The summed E-state index contributed by atoms with van der Waals surface area (Å²) in [6.45, 7) is 1.80. The van der Waals surface area contributed by atoms with Crippen LogP contribution < -0.4 is 0 Å². The minimum Gasteiger partial charge on any atom is -0.303 e. The van der Waals surface area contributed by atoms with Gasteiger partial charge < -0.3 is 4.79 Å². The maximum absolute atomic E-state index is 11.1. The van der Waals surface area contributed by atoms with Crippen LogP contribution in [0.15, 0.2) is 18.2 Å². The molecule has 0 fully saturated rings. The monoisotopic (exact) mass is 163 g/mol. The standard InChI is InChI=1S/C9H9NO2/c1-7-3-2-4-8(10-7)9(12)5-6-11/h2-4,6H,5H2,1H3. The largest absolute Gasteiger partial charge is 0.303 e. The van der Waals surface area contributed by atoms with Crippen LogP contribution >= 0.6 is 0 Å². The summed E-state index contributed by atoms with van der Waals surface area (Å²) in [5.41, 5.74) is 1.15. The predicted molar refractivity (Wildman–Crippen MR) is 44.0 cm³/mol. The lowest BCUT2D eigenvalue weighted by Crippen LogP contribution is -2.02. The molecule has 0 radical (unpaired) electrons. The van der Waals surface area contributed by atoms with Crippen LogP contribution in [-0.4, -0.2) is 17.1 Å². The summed E-state index contributed by atoms with van der Waals surface area (Å²) in [5.74, 6) is -0.228. The van der Waals surface area contributed by atoms with Gasteiger partial charge in [-0.1, -0.05) is 6.07 Å². The van der Waals surface area contributed by atoms with E-state index in [2.05, 4.69) is 4.98 Å². The van der Waals surface area contributed by atoms with Crippen LogP contribution in [0.3, 0.4) is 0 Å².